The number of hydrogen-bond acceptors (Lipinski definition) is 1. The monoisotopic (exact) mass is 284 g/mol. The largest absolute Gasteiger partial charge is 0.481 e. The van der Waals surface area contributed by atoms with Crippen molar-refractivity contribution in [1.82, 2.24) is 0 Å². The maximum Gasteiger partial charge on any atom is 0.306 e. The van der Waals surface area contributed by atoms with Gasteiger partial charge in [0.25, 0.3) is 0 Å². The van der Waals surface area contributed by atoms with Gasteiger partial charge in [0.2, 0.25) is 0 Å². The van der Waals surface area contributed by atoms with E-state index >= 15 is 0 Å². The molecule has 0 amide bonds. The first-order valence-corrected chi connectivity index (χ1v) is 8.95. The molecule has 0 spiro atoms. The SMILES string of the molecule is CCCCCCCCCCCCC(CCCC)C(=O)O. The molecule has 0 radical (unpaired) electrons. The molecule has 0 fully saturated rings. The van der Waals surface area contributed by atoms with E-state index in [0.717, 1.165) is 32.1 Å². The lowest BCUT2D eigenvalue weighted by molar-refractivity contribution is -0.142. The first-order valence-electron chi connectivity index (χ1n) is 8.95. The lowest BCUT2D eigenvalue weighted by Crippen LogP contribution is -2.13. The summed E-state index contributed by atoms with van der Waals surface area (Å²) in [6.07, 6.45) is 17.1. The van der Waals surface area contributed by atoms with Crippen LogP contribution in [0, 0.1) is 5.92 Å². The molecule has 0 aliphatic carbocycles. The number of carbonyl (C=O) groups is 1. The molecule has 0 rings (SSSR count). The first-order chi connectivity index (χ1) is 9.72. The van der Waals surface area contributed by atoms with Crippen molar-refractivity contribution in [3.8, 4) is 0 Å². The zero-order valence-corrected chi connectivity index (χ0v) is 13.8. The molecule has 0 saturated heterocycles. The molecule has 20 heavy (non-hydrogen) atoms. The Morgan fingerprint density at radius 2 is 1.10 bits per heavy atom. The van der Waals surface area contributed by atoms with E-state index in [2.05, 4.69) is 13.8 Å². The molecule has 120 valence electrons. The Hall–Kier alpha value is -0.530. The minimum atomic E-state index is -0.589. The highest BCUT2D eigenvalue weighted by Crippen LogP contribution is 2.18. The van der Waals surface area contributed by atoms with E-state index in [1.54, 1.807) is 0 Å². The molecule has 0 heterocycles. The van der Waals surface area contributed by atoms with Gasteiger partial charge in [0.05, 0.1) is 5.92 Å². The van der Waals surface area contributed by atoms with E-state index in [0.29, 0.717) is 0 Å². The van der Waals surface area contributed by atoms with Crippen molar-refractivity contribution in [2.45, 2.75) is 104 Å². The lowest BCUT2D eigenvalue weighted by atomic mass is 9.95. The molecule has 0 aliphatic heterocycles. The molecule has 1 N–H and O–H groups in total. The van der Waals surface area contributed by atoms with Crippen LogP contribution in [-0.2, 0) is 4.79 Å². The van der Waals surface area contributed by atoms with Crippen LogP contribution in [0.2, 0.25) is 0 Å². The predicted octanol–water partition coefficient (Wildman–Crippen LogP) is 6.19. The number of aliphatic carboxylic acids is 1. The summed E-state index contributed by atoms with van der Waals surface area (Å²) in [5, 5.41) is 9.14. The van der Waals surface area contributed by atoms with Gasteiger partial charge in [-0.3, -0.25) is 4.79 Å². The number of carboxylic acid groups (broad SMARTS) is 1. The summed E-state index contributed by atoms with van der Waals surface area (Å²) >= 11 is 0. The molecule has 0 aromatic rings. The average Bonchev–Trinajstić information content (AvgIpc) is 2.43. The van der Waals surface area contributed by atoms with Crippen molar-refractivity contribution >= 4 is 5.97 Å². The standard InChI is InChI=1S/C18H36O2/c1-3-5-7-8-9-10-11-12-13-14-16-17(18(19)20)15-6-4-2/h17H,3-16H2,1-2H3,(H,19,20). The molecule has 0 aliphatic rings. The zero-order valence-electron chi connectivity index (χ0n) is 13.8. The summed E-state index contributed by atoms with van der Waals surface area (Å²) in [5.74, 6) is -0.682. The van der Waals surface area contributed by atoms with Crippen molar-refractivity contribution in [2.24, 2.45) is 5.92 Å². The first kappa shape index (κ1) is 19.5. The Morgan fingerprint density at radius 3 is 1.55 bits per heavy atom. The summed E-state index contributed by atoms with van der Waals surface area (Å²) in [7, 11) is 0. The molecule has 1 unspecified atom stereocenters. The van der Waals surface area contributed by atoms with E-state index in [-0.39, 0.29) is 5.92 Å². The van der Waals surface area contributed by atoms with Gasteiger partial charge in [0.1, 0.15) is 0 Å². The molecule has 0 saturated carbocycles. The van der Waals surface area contributed by atoms with Crippen LogP contribution in [0.1, 0.15) is 104 Å². The Morgan fingerprint density at radius 1 is 0.700 bits per heavy atom. The van der Waals surface area contributed by atoms with Crippen LogP contribution in [0.5, 0.6) is 0 Å². The maximum atomic E-state index is 11.1. The fourth-order valence-corrected chi connectivity index (χ4v) is 2.72. The third kappa shape index (κ3) is 12.5. The van der Waals surface area contributed by atoms with Crippen LogP contribution < -0.4 is 0 Å². The minimum Gasteiger partial charge on any atom is -0.481 e. The Labute approximate surface area is 126 Å². The summed E-state index contributed by atoms with van der Waals surface area (Å²) in [6.45, 7) is 4.38. The highest BCUT2D eigenvalue weighted by atomic mass is 16.4. The average molecular weight is 284 g/mol. The van der Waals surface area contributed by atoms with Crippen molar-refractivity contribution in [1.29, 1.82) is 0 Å². The van der Waals surface area contributed by atoms with Gasteiger partial charge in [-0.1, -0.05) is 90.9 Å². The second-order valence-electron chi connectivity index (χ2n) is 6.15. The Balaban J connectivity index is 3.34. The van der Waals surface area contributed by atoms with Crippen LogP contribution in [0.15, 0.2) is 0 Å². The van der Waals surface area contributed by atoms with Crippen LogP contribution in [0.4, 0.5) is 0 Å². The fourth-order valence-electron chi connectivity index (χ4n) is 2.72. The molecule has 0 bridgehead atoms. The van der Waals surface area contributed by atoms with E-state index in [1.165, 1.54) is 57.8 Å². The van der Waals surface area contributed by atoms with Gasteiger partial charge in [0.15, 0.2) is 0 Å². The topological polar surface area (TPSA) is 37.3 Å². The fraction of sp³-hybridized carbons (Fsp3) is 0.944. The number of unbranched alkanes of at least 4 members (excludes halogenated alkanes) is 10. The van der Waals surface area contributed by atoms with Crippen LogP contribution in [0.3, 0.4) is 0 Å². The van der Waals surface area contributed by atoms with Gasteiger partial charge < -0.3 is 5.11 Å². The summed E-state index contributed by atoms with van der Waals surface area (Å²) in [4.78, 5) is 11.1. The van der Waals surface area contributed by atoms with Gasteiger partial charge in [-0.15, -0.1) is 0 Å². The summed E-state index contributed by atoms with van der Waals surface area (Å²) < 4.78 is 0. The summed E-state index contributed by atoms with van der Waals surface area (Å²) in [6, 6.07) is 0. The lowest BCUT2D eigenvalue weighted by Gasteiger charge is -2.11. The number of hydrogen-bond donors (Lipinski definition) is 1. The maximum absolute atomic E-state index is 11.1. The summed E-state index contributed by atoms with van der Waals surface area (Å²) in [5.41, 5.74) is 0. The van der Waals surface area contributed by atoms with Crippen molar-refractivity contribution in [2.75, 3.05) is 0 Å². The smallest absolute Gasteiger partial charge is 0.306 e. The minimum absolute atomic E-state index is 0.0935. The number of carboxylic acids is 1. The van der Waals surface area contributed by atoms with E-state index in [4.69, 9.17) is 5.11 Å². The molecular formula is C18H36O2. The van der Waals surface area contributed by atoms with Crippen molar-refractivity contribution in [3.05, 3.63) is 0 Å². The quantitative estimate of drug-likeness (QED) is 0.364. The molecule has 0 aromatic carbocycles. The highest BCUT2D eigenvalue weighted by molar-refractivity contribution is 5.69. The van der Waals surface area contributed by atoms with E-state index < -0.39 is 5.97 Å². The molecule has 1 atom stereocenters. The van der Waals surface area contributed by atoms with Gasteiger partial charge in [-0.05, 0) is 12.8 Å². The number of rotatable bonds is 15. The van der Waals surface area contributed by atoms with Crippen molar-refractivity contribution in [3.63, 3.8) is 0 Å². The third-order valence-electron chi connectivity index (χ3n) is 4.16. The van der Waals surface area contributed by atoms with Crippen LogP contribution in [0.25, 0.3) is 0 Å². The Kier molecular flexibility index (Phi) is 14.5. The molecule has 2 nitrogen and oxygen atoms in total. The third-order valence-corrected chi connectivity index (χ3v) is 4.16. The molecule has 0 aromatic heterocycles. The Bertz CT molecular complexity index is 213. The van der Waals surface area contributed by atoms with Gasteiger partial charge in [0, 0.05) is 0 Å². The van der Waals surface area contributed by atoms with Crippen LogP contribution >= 0.6 is 0 Å². The van der Waals surface area contributed by atoms with Crippen LogP contribution in [-0.4, -0.2) is 11.1 Å². The van der Waals surface area contributed by atoms with E-state index in [9.17, 15) is 4.79 Å². The van der Waals surface area contributed by atoms with Crippen molar-refractivity contribution < 1.29 is 9.90 Å². The normalized spacial score (nSPS) is 12.5. The molecular weight excluding hydrogens is 248 g/mol. The van der Waals surface area contributed by atoms with E-state index in [1.807, 2.05) is 0 Å². The van der Waals surface area contributed by atoms with Gasteiger partial charge in [-0.25, -0.2) is 0 Å². The van der Waals surface area contributed by atoms with Gasteiger partial charge in [-0.2, -0.15) is 0 Å². The van der Waals surface area contributed by atoms with Gasteiger partial charge >= 0.3 is 5.97 Å². The second-order valence-corrected chi connectivity index (χ2v) is 6.15. The highest BCUT2D eigenvalue weighted by Gasteiger charge is 2.15. The predicted molar refractivity (Wildman–Crippen MR) is 87.1 cm³/mol. The molecule has 2 heteroatoms. The zero-order chi connectivity index (χ0) is 15.1. The second kappa shape index (κ2) is 14.9.